The first-order valence-electron chi connectivity index (χ1n) is 10.3. The van der Waals surface area contributed by atoms with Gasteiger partial charge in [0.1, 0.15) is 5.82 Å². The summed E-state index contributed by atoms with van der Waals surface area (Å²) in [5.74, 6) is -0.816. The van der Waals surface area contributed by atoms with Crippen molar-refractivity contribution in [3.8, 4) is 0 Å². The second-order valence-corrected chi connectivity index (χ2v) is 7.85. The molecule has 0 aromatic heterocycles. The monoisotopic (exact) mass is 443 g/mol. The quantitative estimate of drug-likeness (QED) is 0.266. The van der Waals surface area contributed by atoms with E-state index < -0.39 is 5.82 Å². The zero-order valence-corrected chi connectivity index (χ0v) is 19.8. The van der Waals surface area contributed by atoms with E-state index in [1.807, 2.05) is 32.3 Å². The van der Waals surface area contributed by atoms with E-state index in [2.05, 4.69) is 42.1 Å². The molecule has 0 aliphatic carbocycles. The molecule has 1 aromatic carbocycles. The first-order valence-corrected chi connectivity index (χ1v) is 11.5. The zero-order chi connectivity index (χ0) is 23.2. The lowest BCUT2D eigenvalue weighted by molar-refractivity contribution is 0.0957. The summed E-state index contributed by atoms with van der Waals surface area (Å²) in [6, 6.07) is 4.16. The molecule has 0 radical (unpaired) electrons. The van der Waals surface area contributed by atoms with E-state index >= 15 is 0 Å². The van der Waals surface area contributed by atoms with Crippen LogP contribution in [-0.2, 0) is 0 Å². The van der Waals surface area contributed by atoms with Gasteiger partial charge >= 0.3 is 0 Å². The summed E-state index contributed by atoms with van der Waals surface area (Å²) in [5.41, 5.74) is 3.86. The maximum absolute atomic E-state index is 13.8. The van der Waals surface area contributed by atoms with Gasteiger partial charge in [0.2, 0.25) is 0 Å². The second kappa shape index (κ2) is 14.3. The molecule has 1 amide bonds. The molecule has 0 aliphatic heterocycles. The number of nitrogens with one attached hydrogen (secondary N) is 3. The van der Waals surface area contributed by atoms with Crippen LogP contribution in [0.4, 0.5) is 10.1 Å². The van der Waals surface area contributed by atoms with Crippen LogP contribution in [0.5, 0.6) is 0 Å². The van der Waals surface area contributed by atoms with Crippen molar-refractivity contribution in [2.45, 2.75) is 27.2 Å². The van der Waals surface area contributed by atoms with Gasteiger partial charge in [0.05, 0.1) is 12.1 Å². The Kier molecular flexibility index (Phi) is 12.1. The van der Waals surface area contributed by atoms with Crippen LogP contribution in [0.25, 0.3) is 0 Å². The first-order chi connectivity index (χ1) is 14.8. The third kappa shape index (κ3) is 9.75. The molecule has 3 N–H and O–H groups in total. The van der Waals surface area contributed by atoms with Gasteiger partial charge in [-0.3, -0.25) is 4.79 Å². The standard InChI is InChI=1S/C25H34FN3OS/c1-7-20(8-2)17-27-19(5)16-29-25(30)23-14-21(26)11-13-24(23)28-15-18(4)10-12-22(9-3)31-6/h7,9-14,27-28H,3,5,8,15-17H2,1-2,4,6H3,(H,29,30)/b18-10+,20-7-,22-12+. The summed E-state index contributed by atoms with van der Waals surface area (Å²) in [4.78, 5) is 13.7. The molecule has 31 heavy (non-hydrogen) atoms. The van der Waals surface area contributed by atoms with Gasteiger partial charge in [-0.1, -0.05) is 49.5 Å². The molecule has 0 bridgehead atoms. The molecule has 6 heteroatoms. The molecule has 0 unspecified atom stereocenters. The number of amides is 1. The normalized spacial score (nSPS) is 12.4. The van der Waals surface area contributed by atoms with Crippen LogP contribution in [0.3, 0.4) is 0 Å². The minimum absolute atomic E-state index is 0.259. The number of allylic oxidation sites excluding steroid dienone is 4. The van der Waals surface area contributed by atoms with Crippen LogP contribution in [0.2, 0.25) is 0 Å². The Balaban J connectivity index is 2.76. The van der Waals surface area contributed by atoms with Crippen molar-refractivity contribution >= 4 is 23.4 Å². The maximum Gasteiger partial charge on any atom is 0.253 e. The molecule has 0 saturated carbocycles. The van der Waals surface area contributed by atoms with E-state index in [9.17, 15) is 9.18 Å². The number of carbonyl (C=O) groups excluding carboxylic acids is 1. The SMILES string of the molecule is C=C/C(=C\C=C(/C)CNc1ccc(F)cc1C(=O)NCC(=C)NC/C(=C\C)CC)SC. The molecular weight excluding hydrogens is 409 g/mol. The van der Waals surface area contributed by atoms with Crippen molar-refractivity contribution in [2.75, 3.05) is 31.2 Å². The number of carbonyl (C=O) groups is 1. The smallest absolute Gasteiger partial charge is 0.253 e. The Labute approximate surface area is 190 Å². The first kappa shape index (κ1) is 26.3. The van der Waals surface area contributed by atoms with Crippen molar-refractivity contribution < 1.29 is 9.18 Å². The third-order valence-electron chi connectivity index (χ3n) is 4.64. The Bertz CT molecular complexity index is 872. The summed E-state index contributed by atoms with van der Waals surface area (Å²) < 4.78 is 13.8. The minimum Gasteiger partial charge on any atom is -0.384 e. The predicted molar refractivity (Wildman–Crippen MR) is 134 cm³/mol. The van der Waals surface area contributed by atoms with Gasteiger partial charge in [-0.05, 0) is 50.8 Å². The summed E-state index contributed by atoms with van der Waals surface area (Å²) in [6.07, 6.45) is 10.8. The number of halogens is 1. The fourth-order valence-electron chi connectivity index (χ4n) is 2.61. The van der Waals surface area contributed by atoms with Gasteiger partial charge < -0.3 is 16.0 Å². The predicted octanol–water partition coefficient (Wildman–Crippen LogP) is 5.81. The zero-order valence-electron chi connectivity index (χ0n) is 19.0. The lowest BCUT2D eigenvalue weighted by Crippen LogP contribution is -2.31. The van der Waals surface area contributed by atoms with Gasteiger partial charge in [0.25, 0.3) is 5.91 Å². The van der Waals surface area contributed by atoms with Gasteiger partial charge in [-0.25, -0.2) is 4.39 Å². The second-order valence-electron chi connectivity index (χ2n) is 6.97. The van der Waals surface area contributed by atoms with Crippen LogP contribution in [0, 0.1) is 5.82 Å². The fraction of sp³-hybridized carbons (Fsp3) is 0.320. The molecule has 1 rings (SSSR count). The van der Waals surface area contributed by atoms with Gasteiger partial charge in [0.15, 0.2) is 0 Å². The van der Waals surface area contributed by atoms with E-state index in [1.165, 1.54) is 17.7 Å². The van der Waals surface area contributed by atoms with Gasteiger partial charge in [-0.15, -0.1) is 11.8 Å². The van der Waals surface area contributed by atoms with Crippen molar-refractivity contribution in [1.82, 2.24) is 10.6 Å². The molecule has 0 heterocycles. The van der Waals surface area contributed by atoms with E-state index in [0.717, 1.165) is 16.9 Å². The number of thioether (sulfide) groups is 1. The molecule has 0 atom stereocenters. The molecule has 0 saturated heterocycles. The van der Waals surface area contributed by atoms with Crippen LogP contribution in [0.15, 0.2) is 77.4 Å². The minimum atomic E-state index is -0.459. The number of benzene rings is 1. The average molecular weight is 444 g/mol. The lowest BCUT2D eigenvalue weighted by atomic mass is 10.1. The Hall–Kier alpha value is -2.73. The van der Waals surface area contributed by atoms with Gasteiger partial charge in [0, 0.05) is 29.4 Å². The highest BCUT2D eigenvalue weighted by Gasteiger charge is 2.13. The molecule has 0 fully saturated rings. The highest BCUT2D eigenvalue weighted by molar-refractivity contribution is 8.02. The van der Waals surface area contributed by atoms with Crippen LogP contribution in [-0.4, -0.2) is 31.8 Å². The number of hydrogen-bond acceptors (Lipinski definition) is 4. The maximum atomic E-state index is 13.8. The van der Waals surface area contributed by atoms with Crippen molar-refractivity contribution in [3.05, 3.63) is 88.8 Å². The summed E-state index contributed by atoms with van der Waals surface area (Å²) in [5, 5.41) is 9.23. The van der Waals surface area contributed by atoms with Crippen LogP contribution < -0.4 is 16.0 Å². The van der Waals surface area contributed by atoms with E-state index in [0.29, 0.717) is 24.5 Å². The highest BCUT2D eigenvalue weighted by Crippen LogP contribution is 2.18. The number of anilines is 1. The molecule has 0 aliphatic rings. The Morgan fingerprint density at radius 1 is 1.19 bits per heavy atom. The number of hydrogen-bond donors (Lipinski definition) is 3. The Morgan fingerprint density at radius 3 is 2.55 bits per heavy atom. The van der Waals surface area contributed by atoms with Gasteiger partial charge in [-0.2, -0.15) is 0 Å². The summed E-state index contributed by atoms with van der Waals surface area (Å²) in [7, 11) is 0. The van der Waals surface area contributed by atoms with Crippen molar-refractivity contribution in [1.29, 1.82) is 0 Å². The topological polar surface area (TPSA) is 53.2 Å². The van der Waals surface area contributed by atoms with E-state index in [-0.39, 0.29) is 18.0 Å². The van der Waals surface area contributed by atoms with Crippen LogP contribution >= 0.6 is 11.8 Å². The highest BCUT2D eigenvalue weighted by atomic mass is 32.2. The fourth-order valence-corrected chi connectivity index (χ4v) is 2.98. The molecule has 0 spiro atoms. The summed E-state index contributed by atoms with van der Waals surface area (Å²) >= 11 is 1.62. The molecular formula is C25H34FN3OS. The molecule has 4 nitrogen and oxygen atoms in total. The lowest BCUT2D eigenvalue weighted by Gasteiger charge is -2.15. The van der Waals surface area contributed by atoms with Crippen molar-refractivity contribution in [3.63, 3.8) is 0 Å². The summed E-state index contributed by atoms with van der Waals surface area (Å²) in [6.45, 7) is 15.3. The molecule has 168 valence electrons. The van der Waals surface area contributed by atoms with Crippen molar-refractivity contribution in [2.24, 2.45) is 0 Å². The molecule has 1 aromatic rings. The van der Waals surface area contributed by atoms with E-state index in [4.69, 9.17) is 0 Å². The van der Waals surface area contributed by atoms with E-state index in [1.54, 1.807) is 23.9 Å². The Morgan fingerprint density at radius 2 is 1.94 bits per heavy atom. The largest absolute Gasteiger partial charge is 0.384 e. The van der Waals surface area contributed by atoms with Crippen LogP contribution in [0.1, 0.15) is 37.6 Å². The third-order valence-corrected chi connectivity index (χ3v) is 5.42. The average Bonchev–Trinajstić information content (AvgIpc) is 2.77. The number of rotatable bonds is 13.